The molecule has 0 saturated carbocycles. The molecule has 108 valence electrons. The third-order valence-electron chi connectivity index (χ3n) is 2.97. The number of primary amides is 1. The van der Waals surface area contributed by atoms with E-state index >= 15 is 0 Å². The van der Waals surface area contributed by atoms with Crippen molar-refractivity contribution >= 4 is 17.5 Å². The second-order valence-corrected chi connectivity index (χ2v) is 4.48. The van der Waals surface area contributed by atoms with E-state index in [2.05, 4.69) is 5.32 Å². The van der Waals surface area contributed by atoms with Gasteiger partial charge in [-0.05, 0) is 24.3 Å². The van der Waals surface area contributed by atoms with Crippen LogP contribution in [0.2, 0.25) is 0 Å². The normalized spacial score (nSPS) is 9.95. The summed E-state index contributed by atoms with van der Waals surface area (Å²) in [7, 11) is 1.56. The molecule has 0 saturated heterocycles. The molecule has 0 aliphatic carbocycles. The number of amides is 2. The van der Waals surface area contributed by atoms with Crippen molar-refractivity contribution in [2.75, 3.05) is 12.4 Å². The maximum atomic E-state index is 12.0. The van der Waals surface area contributed by atoms with Crippen molar-refractivity contribution in [3.05, 3.63) is 59.7 Å². The van der Waals surface area contributed by atoms with Gasteiger partial charge in [0.1, 0.15) is 5.75 Å². The fourth-order valence-corrected chi connectivity index (χ4v) is 1.98. The van der Waals surface area contributed by atoms with Crippen LogP contribution in [0.25, 0.3) is 0 Å². The molecular weight excluding hydrogens is 268 g/mol. The van der Waals surface area contributed by atoms with Crippen LogP contribution in [-0.4, -0.2) is 18.9 Å². The fourth-order valence-electron chi connectivity index (χ4n) is 1.98. The number of hydrogen-bond donors (Lipinski definition) is 2. The average molecular weight is 284 g/mol. The number of nitrogens with one attached hydrogen (secondary N) is 1. The molecule has 0 bridgehead atoms. The van der Waals surface area contributed by atoms with Crippen LogP contribution in [0.4, 0.5) is 5.69 Å². The van der Waals surface area contributed by atoms with Crippen LogP contribution < -0.4 is 15.8 Å². The third kappa shape index (κ3) is 3.82. The van der Waals surface area contributed by atoms with Crippen LogP contribution in [0.5, 0.6) is 5.75 Å². The zero-order chi connectivity index (χ0) is 15.2. The van der Waals surface area contributed by atoms with Crippen molar-refractivity contribution in [1.29, 1.82) is 0 Å². The van der Waals surface area contributed by atoms with Crippen LogP contribution in [0.3, 0.4) is 0 Å². The summed E-state index contributed by atoms with van der Waals surface area (Å²) in [5.41, 5.74) is 6.89. The van der Waals surface area contributed by atoms with Crippen molar-refractivity contribution in [2.24, 2.45) is 5.73 Å². The Balaban J connectivity index is 2.08. The third-order valence-corrected chi connectivity index (χ3v) is 2.97. The smallest absolute Gasteiger partial charge is 0.248 e. The lowest BCUT2D eigenvalue weighted by atomic mass is 10.1. The molecule has 0 radical (unpaired) electrons. The van der Waals surface area contributed by atoms with E-state index in [1.165, 1.54) is 0 Å². The first kappa shape index (κ1) is 14.6. The molecule has 5 heteroatoms. The highest BCUT2D eigenvalue weighted by Crippen LogP contribution is 2.18. The summed E-state index contributed by atoms with van der Waals surface area (Å²) in [4.78, 5) is 23.2. The molecule has 2 aromatic carbocycles. The molecule has 3 N–H and O–H groups in total. The Labute approximate surface area is 122 Å². The van der Waals surface area contributed by atoms with Crippen molar-refractivity contribution in [1.82, 2.24) is 0 Å². The first-order chi connectivity index (χ1) is 10.1. The monoisotopic (exact) mass is 284 g/mol. The lowest BCUT2D eigenvalue weighted by Gasteiger charge is -2.09. The molecule has 2 aromatic rings. The van der Waals surface area contributed by atoms with Crippen molar-refractivity contribution < 1.29 is 14.3 Å². The molecular formula is C16H16N2O3. The molecule has 2 rings (SSSR count). The Hall–Kier alpha value is -2.82. The topological polar surface area (TPSA) is 81.4 Å². The number of ether oxygens (including phenoxy) is 1. The van der Waals surface area contributed by atoms with Gasteiger partial charge in [0.2, 0.25) is 11.8 Å². The first-order valence-corrected chi connectivity index (χ1v) is 6.42. The van der Waals surface area contributed by atoms with Gasteiger partial charge in [0.05, 0.1) is 13.5 Å². The number of para-hydroxylation sites is 1. The second-order valence-electron chi connectivity index (χ2n) is 4.48. The number of nitrogens with two attached hydrogens (primary N) is 1. The second kappa shape index (κ2) is 6.56. The summed E-state index contributed by atoms with van der Waals surface area (Å²) in [6.45, 7) is 0. The predicted molar refractivity (Wildman–Crippen MR) is 80.3 cm³/mol. The number of hydrogen-bond acceptors (Lipinski definition) is 3. The highest BCUT2D eigenvalue weighted by Gasteiger charge is 2.09. The molecule has 0 unspecified atom stereocenters. The van der Waals surface area contributed by atoms with E-state index < -0.39 is 5.91 Å². The van der Waals surface area contributed by atoms with Gasteiger partial charge in [-0.2, -0.15) is 0 Å². The van der Waals surface area contributed by atoms with Gasteiger partial charge in [0.25, 0.3) is 0 Å². The highest BCUT2D eigenvalue weighted by atomic mass is 16.5. The van der Waals surface area contributed by atoms with Crippen molar-refractivity contribution in [3.8, 4) is 5.75 Å². The van der Waals surface area contributed by atoms with Crippen LogP contribution >= 0.6 is 0 Å². The minimum Gasteiger partial charge on any atom is -0.496 e. The van der Waals surface area contributed by atoms with Crippen LogP contribution in [0.1, 0.15) is 15.9 Å². The standard InChI is InChI=1S/C16H16N2O3/c1-21-14-8-3-2-5-11(14)10-15(19)18-13-7-4-6-12(9-13)16(17)20/h2-9H,10H2,1H3,(H2,17,20)(H,18,19). The molecule has 0 aliphatic heterocycles. The van der Waals surface area contributed by atoms with Crippen LogP contribution in [0, 0.1) is 0 Å². The van der Waals surface area contributed by atoms with Gasteiger partial charge in [-0.1, -0.05) is 24.3 Å². The lowest BCUT2D eigenvalue weighted by molar-refractivity contribution is -0.115. The minimum atomic E-state index is -0.532. The van der Waals surface area contributed by atoms with Gasteiger partial charge in [-0.15, -0.1) is 0 Å². The van der Waals surface area contributed by atoms with Gasteiger partial charge in [-0.3, -0.25) is 9.59 Å². The zero-order valence-electron chi connectivity index (χ0n) is 11.6. The molecule has 5 nitrogen and oxygen atoms in total. The summed E-state index contributed by atoms with van der Waals surface area (Å²) in [6, 6.07) is 13.8. The summed E-state index contributed by atoms with van der Waals surface area (Å²) >= 11 is 0. The van der Waals surface area contributed by atoms with Gasteiger partial charge in [0.15, 0.2) is 0 Å². The Bertz CT molecular complexity index is 668. The molecule has 0 fully saturated rings. The molecule has 0 aliphatic rings. The number of anilines is 1. The number of rotatable bonds is 5. The summed E-state index contributed by atoms with van der Waals surface area (Å²) in [5.74, 6) is -0.0597. The largest absolute Gasteiger partial charge is 0.496 e. The predicted octanol–water partition coefficient (Wildman–Crippen LogP) is 1.98. The van der Waals surface area contributed by atoms with Gasteiger partial charge in [0, 0.05) is 16.8 Å². The summed E-state index contributed by atoms with van der Waals surface area (Å²) in [5, 5.41) is 2.73. The molecule has 0 heterocycles. The molecule has 21 heavy (non-hydrogen) atoms. The van der Waals surface area contributed by atoms with Crippen LogP contribution in [0.15, 0.2) is 48.5 Å². The minimum absolute atomic E-state index is 0.185. The quantitative estimate of drug-likeness (QED) is 0.880. The number of methoxy groups -OCH3 is 1. The first-order valence-electron chi connectivity index (χ1n) is 6.42. The van der Waals surface area contributed by atoms with E-state index in [4.69, 9.17) is 10.5 Å². The van der Waals surface area contributed by atoms with Crippen molar-refractivity contribution in [2.45, 2.75) is 6.42 Å². The summed E-state index contributed by atoms with van der Waals surface area (Å²) in [6.07, 6.45) is 0.185. The Morgan fingerprint density at radius 3 is 2.62 bits per heavy atom. The van der Waals surface area contributed by atoms with E-state index in [-0.39, 0.29) is 12.3 Å². The number of carbonyl (C=O) groups excluding carboxylic acids is 2. The van der Waals surface area contributed by atoms with E-state index in [1.807, 2.05) is 18.2 Å². The van der Waals surface area contributed by atoms with Gasteiger partial charge in [-0.25, -0.2) is 0 Å². The van der Waals surface area contributed by atoms with E-state index in [1.54, 1.807) is 37.4 Å². The molecule has 0 spiro atoms. The average Bonchev–Trinajstić information content (AvgIpc) is 2.48. The lowest BCUT2D eigenvalue weighted by Crippen LogP contribution is -2.16. The SMILES string of the molecule is COc1ccccc1CC(=O)Nc1cccc(C(N)=O)c1. The number of carbonyl (C=O) groups is 2. The van der Waals surface area contributed by atoms with E-state index in [0.717, 1.165) is 5.56 Å². The number of benzene rings is 2. The Morgan fingerprint density at radius 2 is 1.90 bits per heavy atom. The fraction of sp³-hybridized carbons (Fsp3) is 0.125. The zero-order valence-corrected chi connectivity index (χ0v) is 11.6. The van der Waals surface area contributed by atoms with E-state index in [9.17, 15) is 9.59 Å². The maximum absolute atomic E-state index is 12.0. The Morgan fingerprint density at radius 1 is 1.14 bits per heavy atom. The summed E-state index contributed by atoms with van der Waals surface area (Å²) < 4.78 is 5.21. The van der Waals surface area contributed by atoms with Gasteiger partial charge < -0.3 is 15.8 Å². The van der Waals surface area contributed by atoms with Gasteiger partial charge >= 0.3 is 0 Å². The maximum Gasteiger partial charge on any atom is 0.248 e. The Kier molecular flexibility index (Phi) is 4.56. The molecule has 0 atom stereocenters. The van der Waals surface area contributed by atoms with Crippen LogP contribution in [-0.2, 0) is 11.2 Å². The van der Waals surface area contributed by atoms with E-state index in [0.29, 0.717) is 17.0 Å². The highest BCUT2D eigenvalue weighted by molar-refractivity contribution is 5.96. The van der Waals surface area contributed by atoms with Crippen molar-refractivity contribution in [3.63, 3.8) is 0 Å². The molecule has 0 aromatic heterocycles. The molecule has 2 amide bonds.